The minimum atomic E-state index is -0.720. The van der Waals surface area contributed by atoms with E-state index in [4.69, 9.17) is 0 Å². The molecule has 2 N–H and O–H groups in total. The molecule has 19 heavy (non-hydrogen) atoms. The van der Waals surface area contributed by atoms with Crippen molar-refractivity contribution in [3.63, 3.8) is 0 Å². The van der Waals surface area contributed by atoms with Crippen molar-refractivity contribution in [1.29, 1.82) is 0 Å². The van der Waals surface area contributed by atoms with Crippen molar-refractivity contribution in [2.24, 2.45) is 0 Å². The maximum absolute atomic E-state index is 11.6. The van der Waals surface area contributed by atoms with Crippen LogP contribution in [-0.4, -0.2) is 21.8 Å². The average molecular weight is 256 g/mol. The van der Waals surface area contributed by atoms with Gasteiger partial charge in [-0.15, -0.1) is 0 Å². The van der Waals surface area contributed by atoms with Crippen molar-refractivity contribution in [1.82, 2.24) is 15.3 Å². The van der Waals surface area contributed by atoms with Crippen LogP contribution < -0.4 is 10.6 Å². The van der Waals surface area contributed by atoms with Crippen molar-refractivity contribution in [3.05, 3.63) is 54.6 Å². The number of anilines is 1. The van der Waals surface area contributed by atoms with Crippen LogP contribution in [0, 0.1) is 0 Å². The van der Waals surface area contributed by atoms with Gasteiger partial charge in [-0.3, -0.25) is 19.6 Å². The molecule has 0 atom stereocenters. The smallest absolute Gasteiger partial charge is 0.313 e. The summed E-state index contributed by atoms with van der Waals surface area (Å²) >= 11 is 0. The molecular formula is C13H12N4O2. The van der Waals surface area contributed by atoms with Crippen LogP contribution in [0.5, 0.6) is 0 Å². The van der Waals surface area contributed by atoms with Crippen molar-refractivity contribution in [2.75, 3.05) is 5.32 Å². The molecular weight excluding hydrogens is 244 g/mol. The summed E-state index contributed by atoms with van der Waals surface area (Å²) in [5, 5.41) is 4.97. The number of nitrogens with one attached hydrogen (secondary N) is 2. The Kier molecular flexibility index (Phi) is 4.17. The molecule has 0 aromatic carbocycles. The molecule has 2 aromatic rings. The molecule has 6 nitrogen and oxygen atoms in total. The second kappa shape index (κ2) is 6.25. The van der Waals surface area contributed by atoms with Crippen LogP contribution in [0.4, 0.5) is 5.69 Å². The Hall–Kier alpha value is -2.76. The first-order valence-corrected chi connectivity index (χ1v) is 5.64. The highest BCUT2D eigenvalue weighted by atomic mass is 16.2. The third kappa shape index (κ3) is 3.88. The zero-order chi connectivity index (χ0) is 13.5. The van der Waals surface area contributed by atoms with E-state index in [1.807, 2.05) is 0 Å². The molecule has 0 fully saturated rings. The second-order valence-corrected chi connectivity index (χ2v) is 3.73. The van der Waals surface area contributed by atoms with Crippen LogP contribution in [0.15, 0.2) is 49.1 Å². The van der Waals surface area contributed by atoms with E-state index in [0.29, 0.717) is 5.69 Å². The number of rotatable bonds is 3. The molecule has 2 heterocycles. The number of aromatic nitrogens is 2. The Morgan fingerprint density at radius 1 is 1.00 bits per heavy atom. The topological polar surface area (TPSA) is 84.0 Å². The largest absolute Gasteiger partial charge is 0.344 e. The number of hydrogen-bond acceptors (Lipinski definition) is 4. The van der Waals surface area contributed by atoms with Gasteiger partial charge in [-0.2, -0.15) is 0 Å². The van der Waals surface area contributed by atoms with Crippen LogP contribution in [-0.2, 0) is 16.1 Å². The summed E-state index contributed by atoms with van der Waals surface area (Å²) in [5.41, 5.74) is 1.35. The number of hydrogen-bond donors (Lipinski definition) is 2. The fourth-order valence-corrected chi connectivity index (χ4v) is 1.39. The SMILES string of the molecule is O=C(NCc1ccncc1)C(=O)Nc1cccnc1. The monoisotopic (exact) mass is 256 g/mol. The fraction of sp³-hybridized carbons (Fsp3) is 0.0769. The zero-order valence-electron chi connectivity index (χ0n) is 10.0. The van der Waals surface area contributed by atoms with Gasteiger partial charge >= 0.3 is 11.8 Å². The van der Waals surface area contributed by atoms with Gasteiger partial charge in [0.05, 0.1) is 11.9 Å². The standard InChI is InChI=1S/C13H12N4O2/c18-12(16-8-10-3-6-14-7-4-10)13(19)17-11-2-1-5-15-9-11/h1-7,9H,8H2,(H,16,18)(H,17,19). The lowest BCUT2D eigenvalue weighted by molar-refractivity contribution is -0.136. The van der Waals surface area contributed by atoms with Gasteiger partial charge in [0.25, 0.3) is 0 Å². The molecule has 0 aliphatic rings. The molecule has 0 unspecified atom stereocenters. The Labute approximate surface area is 109 Å². The highest BCUT2D eigenvalue weighted by molar-refractivity contribution is 6.39. The summed E-state index contributed by atoms with van der Waals surface area (Å²) in [6, 6.07) is 6.85. The Balaban J connectivity index is 1.85. The van der Waals surface area contributed by atoms with E-state index in [9.17, 15) is 9.59 Å². The number of amides is 2. The molecule has 0 radical (unpaired) electrons. The van der Waals surface area contributed by atoms with Crippen LogP contribution in [0.1, 0.15) is 5.56 Å². The third-order valence-electron chi connectivity index (χ3n) is 2.33. The average Bonchev–Trinajstić information content (AvgIpc) is 2.47. The minimum Gasteiger partial charge on any atom is -0.344 e. The van der Waals surface area contributed by atoms with E-state index in [-0.39, 0.29) is 6.54 Å². The minimum absolute atomic E-state index is 0.280. The fourth-order valence-electron chi connectivity index (χ4n) is 1.39. The molecule has 0 aliphatic heterocycles. The van der Waals surface area contributed by atoms with Crippen LogP contribution >= 0.6 is 0 Å². The quantitative estimate of drug-likeness (QED) is 0.793. The van der Waals surface area contributed by atoms with Crippen molar-refractivity contribution in [2.45, 2.75) is 6.54 Å². The lowest BCUT2D eigenvalue weighted by Crippen LogP contribution is -2.34. The van der Waals surface area contributed by atoms with Gasteiger partial charge in [-0.05, 0) is 29.8 Å². The van der Waals surface area contributed by atoms with Gasteiger partial charge in [0, 0.05) is 25.1 Å². The summed E-state index contributed by atoms with van der Waals surface area (Å²) in [7, 11) is 0. The molecule has 0 aliphatic carbocycles. The van der Waals surface area contributed by atoms with Crippen LogP contribution in [0.25, 0.3) is 0 Å². The Morgan fingerprint density at radius 2 is 1.79 bits per heavy atom. The first kappa shape index (κ1) is 12.7. The van der Waals surface area contributed by atoms with Crippen LogP contribution in [0.2, 0.25) is 0 Å². The first-order chi connectivity index (χ1) is 9.25. The highest BCUT2D eigenvalue weighted by Crippen LogP contribution is 2.02. The van der Waals surface area contributed by atoms with Gasteiger partial charge in [-0.1, -0.05) is 0 Å². The highest BCUT2D eigenvalue weighted by Gasteiger charge is 2.12. The normalized spacial score (nSPS) is 9.68. The van der Waals surface area contributed by atoms with Gasteiger partial charge in [-0.25, -0.2) is 0 Å². The molecule has 2 amide bonds. The second-order valence-electron chi connectivity index (χ2n) is 3.73. The first-order valence-electron chi connectivity index (χ1n) is 5.64. The number of pyridine rings is 2. The summed E-state index contributed by atoms with van der Waals surface area (Å²) in [5.74, 6) is -1.41. The lowest BCUT2D eigenvalue weighted by Gasteiger charge is -2.05. The molecule has 2 aromatic heterocycles. The predicted molar refractivity (Wildman–Crippen MR) is 69.0 cm³/mol. The van der Waals surface area contributed by atoms with E-state index in [2.05, 4.69) is 20.6 Å². The summed E-state index contributed by atoms with van der Waals surface area (Å²) in [6.45, 7) is 0.280. The van der Waals surface area contributed by atoms with Gasteiger partial charge in [0.15, 0.2) is 0 Å². The number of carbonyl (C=O) groups is 2. The molecule has 6 heteroatoms. The maximum Gasteiger partial charge on any atom is 0.313 e. The molecule has 0 saturated heterocycles. The van der Waals surface area contributed by atoms with E-state index < -0.39 is 11.8 Å². The summed E-state index contributed by atoms with van der Waals surface area (Å²) in [4.78, 5) is 30.8. The third-order valence-corrected chi connectivity index (χ3v) is 2.33. The molecule has 96 valence electrons. The van der Waals surface area contributed by atoms with Crippen molar-refractivity contribution < 1.29 is 9.59 Å². The van der Waals surface area contributed by atoms with Crippen molar-refractivity contribution in [3.8, 4) is 0 Å². The van der Waals surface area contributed by atoms with Crippen molar-refractivity contribution >= 4 is 17.5 Å². The van der Waals surface area contributed by atoms with Crippen LogP contribution in [0.3, 0.4) is 0 Å². The Bertz CT molecular complexity index is 557. The summed E-state index contributed by atoms with van der Waals surface area (Å²) < 4.78 is 0. The number of carbonyl (C=O) groups excluding carboxylic acids is 2. The number of nitrogens with zero attached hydrogens (tertiary/aromatic N) is 2. The van der Waals surface area contributed by atoms with Gasteiger partial charge in [0.1, 0.15) is 0 Å². The van der Waals surface area contributed by atoms with Gasteiger partial charge < -0.3 is 10.6 Å². The predicted octanol–water partition coefficient (Wildman–Crippen LogP) is 0.731. The molecule has 0 bridgehead atoms. The van der Waals surface area contributed by atoms with Gasteiger partial charge in [0.2, 0.25) is 0 Å². The zero-order valence-corrected chi connectivity index (χ0v) is 10.0. The molecule has 0 spiro atoms. The van der Waals surface area contributed by atoms with E-state index in [0.717, 1.165) is 5.56 Å². The Morgan fingerprint density at radius 3 is 2.47 bits per heavy atom. The lowest BCUT2D eigenvalue weighted by atomic mass is 10.3. The molecule has 0 saturated carbocycles. The summed E-state index contributed by atoms with van der Waals surface area (Å²) in [6.07, 6.45) is 6.29. The van der Waals surface area contributed by atoms with E-state index in [1.54, 1.807) is 42.9 Å². The van der Waals surface area contributed by atoms with E-state index >= 15 is 0 Å². The maximum atomic E-state index is 11.6. The van der Waals surface area contributed by atoms with E-state index in [1.165, 1.54) is 6.20 Å². The molecule has 2 rings (SSSR count).